The fraction of sp³-hybridized carbons (Fsp3) is 0.239. The van der Waals surface area contributed by atoms with Crippen molar-refractivity contribution in [3.05, 3.63) is 166 Å². The van der Waals surface area contributed by atoms with Crippen molar-refractivity contribution >= 4 is 40.2 Å². The van der Waals surface area contributed by atoms with Crippen LogP contribution in [0.1, 0.15) is 29.5 Å². The molecule has 6 aromatic rings. The average Bonchev–Trinajstić information content (AvgIpc) is 3.24. The summed E-state index contributed by atoms with van der Waals surface area (Å²) in [6, 6.07) is 33.8. The maximum Gasteiger partial charge on any atom is 0.416 e. The van der Waals surface area contributed by atoms with E-state index in [9.17, 15) is 36.3 Å². The van der Waals surface area contributed by atoms with Crippen LogP contribution in [0.5, 0.6) is 0 Å². The fourth-order valence-corrected chi connectivity index (χ4v) is 8.41. The average molecular weight is 825 g/mol. The van der Waals surface area contributed by atoms with Crippen LogP contribution in [-0.2, 0) is 34.6 Å². The summed E-state index contributed by atoms with van der Waals surface area (Å²) in [4.78, 5) is 46.7. The lowest BCUT2D eigenvalue weighted by atomic mass is 10.00. The molecule has 2 heterocycles. The molecular weight excluding hydrogens is 784 g/mol. The molecule has 59 heavy (non-hydrogen) atoms. The van der Waals surface area contributed by atoms with Crippen LogP contribution in [0.4, 0.5) is 27.6 Å². The minimum absolute atomic E-state index is 0.0151. The van der Waals surface area contributed by atoms with Crippen molar-refractivity contribution in [2.24, 2.45) is 0 Å². The number of fused-ring (bicyclic) bond motifs is 1. The van der Waals surface area contributed by atoms with Gasteiger partial charge in [0.2, 0.25) is 11.8 Å². The molecule has 5 aromatic carbocycles. The largest absolute Gasteiger partial charge is 0.416 e. The van der Waals surface area contributed by atoms with Gasteiger partial charge in [0, 0.05) is 61.2 Å². The van der Waals surface area contributed by atoms with Crippen LogP contribution in [0.3, 0.4) is 0 Å². The van der Waals surface area contributed by atoms with Gasteiger partial charge in [0.1, 0.15) is 6.54 Å². The third-order valence-corrected chi connectivity index (χ3v) is 11.8. The number of hydrogen-bond donors (Lipinski definition) is 0. The normalized spacial score (nSPS) is 13.7. The molecule has 13 heteroatoms. The van der Waals surface area contributed by atoms with E-state index in [1.54, 1.807) is 40.8 Å². The van der Waals surface area contributed by atoms with Crippen LogP contribution in [0, 0.1) is 11.6 Å². The Kier molecular flexibility index (Phi) is 12.6. The molecule has 0 spiro atoms. The van der Waals surface area contributed by atoms with Gasteiger partial charge in [0.25, 0.3) is 0 Å². The number of pyridine rings is 1. The monoisotopic (exact) mass is 824 g/mol. The van der Waals surface area contributed by atoms with Crippen LogP contribution in [0.15, 0.2) is 137 Å². The number of likely N-dealkylation sites (N-methyl/N-ethyl adjacent to an activating group) is 1. The van der Waals surface area contributed by atoms with Gasteiger partial charge in [-0.05, 0) is 72.0 Å². The van der Waals surface area contributed by atoms with Gasteiger partial charge >= 0.3 is 6.18 Å². The summed E-state index contributed by atoms with van der Waals surface area (Å²) in [5.41, 5.74) is 2.57. The van der Waals surface area contributed by atoms with Gasteiger partial charge in [-0.25, -0.2) is 8.78 Å². The van der Waals surface area contributed by atoms with Gasteiger partial charge in [0.15, 0.2) is 17.1 Å². The number of anilines is 1. The third-order valence-electron chi connectivity index (χ3n) is 10.7. The number of hydrogen-bond acceptors (Lipinski definition) is 5. The molecule has 1 aliphatic heterocycles. The number of amides is 2. The van der Waals surface area contributed by atoms with Crippen molar-refractivity contribution in [3.63, 3.8) is 0 Å². The first-order chi connectivity index (χ1) is 28.4. The first kappa shape index (κ1) is 41.4. The van der Waals surface area contributed by atoms with E-state index < -0.39 is 23.4 Å². The number of thioether (sulfide) groups is 1. The highest BCUT2D eigenvalue weighted by atomic mass is 32.2. The summed E-state index contributed by atoms with van der Waals surface area (Å²) >= 11 is 1.13. The number of carbonyl (C=O) groups is 2. The minimum Gasteiger partial charge on any atom is -0.334 e. The summed E-state index contributed by atoms with van der Waals surface area (Å²) in [7, 11) is 1.75. The van der Waals surface area contributed by atoms with E-state index in [1.165, 1.54) is 30.3 Å². The number of rotatable bonds is 12. The van der Waals surface area contributed by atoms with Crippen molar-refractivity contribution in [3.8, 4) is 11.1 Å². The predicted octanol–water partition coefficient (Wildman–Crippen LogP) is 9.41. The van der Waals surface area contributed by atoms with E-state index in [2.05, 4.69) is 4.90 Å². The Hall–Kier alpha value is -5.79. The molecule has 0 unspecified atom stereocenters. The van der Waals surface area contributed by atoms with Gasteiger partial charge in [-0.3, -0.25) is 19.3 Å². The Morgan fingerprint density at radius 1 is 0.763 bits per heavy atom. The van der Waals surface area contributed by atoms with Crippen LogP contribution in [0.25, 0.3) is 22.0 Å². The zero-order valence-corrected chi connectivity index (χ0v) is 33.0. The molecule has 1 aromatic heterocycles. The zero-order chi connectivity index (χ0) is 41.7. The summed E-state index contributed by atoms with van der Waals surface area (Å²) in [5.74, 6) is -2.22. The van der Waals surface area contributed by atoms with Crippen molar-refractivity contribution in [1.82, 2.24) is 14.4 Å². The quantitative estimate of drug-likeness (QED) is 0.0910. The van der Waals surface area contributed by atoms with E-state index in [1.807, 2.05) is 59.5 Å². The molecule has 7 nitrogen and oxygen atoms in total. The molecule has 0 atom stereocenters. The van der Waals surface area contributed by atoms with E-state index in [4.69, 9.17) is 0 Å². The van der Waals surface area contributed by atoms with E-state index in [0.29, 0.717) is 47.4 Å². The van der Waals surface area contributed by atoms with Crippen LogP contribution >= 0.6 is 11.8 Å². The van der Waals surface area contributed by atoms with Gasteiger partial charge in [-0.2, -0.15) is 13.2 Å². The van der Waals surface area contributed by atoms with Gasteiger partial charge in [-0.1, -0.05) is 78.9 Å². The Morgan fingerprint density at radius 3 is 2.08 bits per heavy atom. The Balaban J connectivity index is 1.15. The second-order valence-electron chi connectivity index (χ2n) is 14.5. The second kappa shape index (κ2) is 18.0. The van der Waals surface area contributed by atoms with Crippen molar-refractivity contribution in [2.75, 3.05) is 31.6 Å². The SMILES string of the molecule is CN(C(=O)CN1CCC(N(Cc2ccc(-c3ccc(C(F)(F)F)cc3)cc2)C(=O)Cn2c(SCc3cccc(F)c3F)cc(=O)c3ccccc32)CC1)c1ccccc1. The van der Waals surface area contributed by atoms with E-state index in [-0.39, 0.29) is 54.2 Å². The lowest BCUT2D eigenvalue weighted by molar-refractivity contribution is -0.137. The second-order valence-corrected chi connectivity index (χ2v) is 15.5. The fourth-order valence-electron chi connectivity index (χ4n) is 7.38. The Bertz CT molecular complexity index is 2490. The summed E-state index contributed by atoms with van der Waals surface area (Å²) < 4.78 is 70.1. The molecule has 0 N–H and O–H groups in total. The highest BCUT2D eigenvalue weighted by molar-refractivity contribution is 7.98. The standard InChI is InChI=1S/C46H41F5N4O3S/c1-52(36-9-3-2-4-10-36)42(57)28-53-24-22-37(23-25-53)54(27-31-14-16-32(17-15-31)33-18-20-35(21-19-33)46(49,50)51)43(58)29-55-40-13-6-5-11-38(40)41(56)26-44(55)59-30-34-8-7-12-39(47)45(34)48/h2-21,26,37H,22-25,27-30H2,1H3. The van der Waals surface area contributed by atoms with Gasteiger partial charge in [-0.15, -0.1) is 11.8 Å². The van der Waals surface area contributed by atoms with Crippen LogP contribution < -0.4 is 10.3 Å². The number of aromatic nitrogens is 1. The molecule has 0 bridgehead atoms. The topological polar surface area (TPSA) is 65.9 Å². The summed E-state index contributed by atoms with van der Waals surface area (Å²) in [6.45, 7) is 1.42. The molecule has 0 aliphatic carbocycles. The third kappa shape index (κ3) is 9.75. The van der Waals surface area contributed by atoms with E-state index >= 15 is 0 Å². The molecular formula is C46H41F5N4O3S. The molecule has 7 rings (SSSR count). The lowest BCUT2D eigenvalue weighted by Crippen LogP contribution is -2.50. The predicted molar refractivity (Wildman–Crippen MR) is 221 cm³/mol. The summed E-state index contributed by atoms with van der Waals surface area (Å²) in [6.07, 6.45) is -3.27. The zero-order valence-electron chi connectivity index (χ0n) is 32.2. The van der Waals surface area contributed by atoms with E-state index in [0.717, 1.165) is 46.8 Å². The number of nitrogens with zero attached hydrogens (tertiary/aromatic N) is 4. The molecule has 2 amide bonds. The number of alkyl halides is 3. The Morgan fingerprint density at radius 2 is 1.41 bits per heavy atom. The summed E-state index contributed by atoms with van der Waals surface area (Å²) in [5, 5.41) is 0.827. The molecule has 304 valence electrons. The van der Waals surface area contributed by atoms with Crippen molar-refractivity contribution < 1.29 is 31.5 Å². The number of likely N-dealkylation sites (tertiary alicyclic amines) is 1. The van der Waals surface area contributed by atoms with Crippen molar-refractivity contribution in [2.45, 2.75) is 48.9 Å². The molecule has 1 aliphatic rings. The number of carbonyl (C=O) groups excluding carboxylic acids is 2. The highest BCUT2D eigenvalue weighted by Crippen LogP contribution is 2.32. The van der Waals surface area contributed by atoms with Crippen LogP contribution in [0.2, 0.25) is 0 Å². The molecule has 1 saturated heterocycles. The van der Waals surface area contributed by atoms with Gasteiger partial charge < -0.3 is 14.4 Å². The first-order valence-electron chi connectivity index (χ1n) is 19.1. The maximum atomic E-state index is 14.7. The number of halogens is 5. The Labute approximate surface area is 342 Å². The minimum atomic E-state index is -4.44. The molecule has 0 saturated carbocycles. The highest BCUT2D eigenvalue weighted by Gasteiger charge is 2.31. The number of benzene rings is 5. The molecule has 0 radical (unpaired) electrons. The van der Waals surface area contributed by atoms with Crippen LogP contribution in [-0.4, -0.2) is 58.9 Å². The van der Waals surface area contributed by atoms with Gasteiger partial charge in [0.05, 0.1) is 22.7 Å². The molecule has 1 fully saturated rings. The smallest absolute Gasteiger partial charge is 0.334 e. The number of para-hydroxylation sites is 2. The number of piperidine rings is 1. The maximum absolute atomic E-state index is 14.7. The first-order valence-corrected chi connectivity index (χ1v) is 20.1. The lowest BCUT2D eigenvalue weighted by Gasteiger charge is -2.39. The van der Waals surface area contributed by atoms with Crippen molar-refractivity contribution in [1.29, 1.82) is 0 Å².